The molecule has 0 radical (unpaired) electrons. The van der Waals surface area contributed by atoms with Crippen LogP contribution in [0.5, 0.6) is 11.5 Å². The summed E-state index contributed by atoms with van der Waals surface area (Å²) >= 11 is 11.8. The zero-order chi connectivity index (χ0) is 27.7. The number of nitrogens with one attached hydrogen (secondary N) is 2. The molecular formula is C32H28Cl2N4O2. The van der Waals surface area contributed by atoms with Gasteiger partial charge in [-0.1, -0.05) is 42.5 Å². The lowest BCUT2D eigenvalue weighted by molar-refractivity contribution is 0.262. The fourth-order valence-corrected chi connectivity index (χ4v) is 4.75. The van der Waals surface area contributed by atoms with E-state index in [9.17, 15) is 4.79 Å². The van der Waals surface area contributed by atoms with Crippen LogP contribution in [0.25, 0.3) is 22.2 Å². The van der Waals surface area contributed by atoms with Gasteiger partial charge in [-0.15, -0.1) is 23.2 Å². The maximum absolute atomic E-state index is 12.6. The number of fused-ring (bicyclic) bond motifs is 1. The van der Waals surface area contributed by atoms with Crippen LogP contribution in [0.3, 0.4) is 0 Å². The van der Waals surface area contributed by atoms with Gasteiger partial charge in [0, 0.05) is 58.9 Å². The molecule has 4 aromatic carbocycles. The van der Waals surface area contributed by atoms with Gasteiger partial charge < -0.3 is 20.3 Å². The van der Waals surface area contributed by atoms with E-state index >= 15 is 0 Å². The molecular weight excluding hydrogens is 543 g/mol. The lowest BCUT2D eigenvalue weighted by Crippen LogP contribution is -2.27. The van der Waals surface area contributed by atoms with E-state index in [0.717, 1.165) is 27.8 Å². The quantitative estimate of drug-likeness (QED) is 0.165. The van der Waals surface area contributed by atoms with Crippen molar-refractivity contribution in [1.29, 1.82) is 0 Å². The number of alkyl halides is 2. The lowest BCUT2D eigenvalue weighted by atomic mass is 10.1. The molecule has 1 heterocycles. The lowest BCUT2D eigenvalue weighted by Gasteiger charge is -2.23. The summed E-state index contributed by atoms with van der Waals surface area (Å²) in [4.78, 5) is 19.5. The van der Waals surface area contributed by atoms with E-state index in [1.807, 2.05) is 97.1 Å². The summed E-state index contributed by atoms with van der Waals surface area (Å²) in [7, 11) is 0. The molecule has 40 heavy (non-hydrogen) atoms. The first-order valence-corrected chi connectivity index (χ1v) is 14.0. The number of amides is 2. The van der Waals surface area contributed by atoms with Gasteiger partial charge >= 0.3 is 6.03 Å². The van der Waals surface area contributed by atoms with Crippen LogP contribution in [-0.2, 0) is 0 Å². The summed E-state index contributed by atoms with van der Waals surface area (Å²) in [6.07, 6.45) is 0. The van der Waals surface area contributed by atoms with Gasteiger partial charge in [0.15, 0.2) is 0 Å². The number of hydrogen-bond donors (Lipinski definition) is 2. The van der Waals surface area contributed by atoms with Crippen molar-refractivity contribution in [2.75, 3.05) is 40.4 Å². The largest absolute Gasteiger partial charge is 0.457 e. The summed E-state index contributed by atoms with van der Waals surface area (Å²) in [5.41, 5.74) is 5.02. The van der Waals surface area contributed by atoms with Crippen molar-refractivity contribution in [3.8, 4) is 22.8 Å². The minimum absolute atomic E-state index is 0.340. The predicted molar refractivity (Wildman–Crippen MR) is 166 cm³/mol. The number of ether oxygens (including phenoxy) is 1. The third-order valence-corrected chi connectivity index (χ3v) is 6.63. The number of urea groups is 1. The molecule has 5 rings (SSSR count). The maximum atomic E-state index is 12.6. The van der Waals surface area contributed by atoms with Gasteiger partial charge in [0.2, 0.25) is 0 Å². The van der Waals surface area contributed by atoms with Crippen molar-refractivity contribution in [3.05, 3.63) is 109 Å². The van der Waals surface area contributed by atoms with Gasteiger partial charge in [0.25, 0.3) is 0 Å². The number of pyridine rings is 1. The molecule has 0 aliphatic heterocycles. The van der Waals surface area contributed by atoms with E-state index < -0.39 is 0 Å². The molecule has 0 saturated heterocycles. The Balaban J connectivity index is 1.25. The summed E-state index contributed by atoms with van der Waals surface area (Å²) < 4.78 is 6.29. The molecule has 0 unspecified atom stereocenters. The van der Waals surface area contributed by atoms with E-state index in [2.05, 4.69) is 15.5 Å². The molecule has 202 valence electrons. The van der Waals surface area contributed by atoms with E-state index in [4.69, 9.17) is 32.9 Å². The number of halogens is 2. The Hall–Kier alpha value is -4.26. The van der Waals surface area contributed by atoms with Crippen LogP contribution in [0.2, 0.25) is 0 Å². The van der Waals surface area contributed by atoms with Crippen molar-refractivity contribution >= 4 is 57.2 Å². The zero-order valence-corrected chi connectivity index (χ0v) is 23.2. The number of carbonyl (C=O) groups excluding carboxylic acids is 1. The molecule has 8 heteroatoms. The van der Waals surface area contributed by atoms with Crippen LogP contribution in [0, 0.1) is 0 Å². The molecule has 0 aliphatic carbocycles. The third kappa shape index (κ3) is 6.84. The van der Waals surface area contributed by atoms with Crippen molar-refractivity contribution in [3.63, 3.8) is 0 Å². The van der Waals surface area contributed by atoms with Crippen molar-refractivity contribution in [2.45, 2.75) is 0 Å². The highest BCUT2D eigenvalue weighted by Gasteiger charge is 2.11. The monoisotopic (exact) mass is 570 g/mol. The first-order valence-electron chi connectivity index (χ1n) is 12.9. The average Bonchev–Trinajstić information content (AvgIpc) is 2.99. The number of benzene rings is 4. The normalized spacial score (nSPS) is 10.8. The second kappa shape index (κ2) is 13.2. The van der Waals surface area contributed by atoms with E-state index in [0.29, 0.717) is 47.7 Å². The number of nitrogens with zero attached hydrogens (tertiary/aromatic N) is 2. The van der Waals surface area contributed by atoms with Gasteiger partial charge in [-0.3, -0.25) is 0 Å². The minimum Gasteiger partial charge on any atom is -0.457 e. The summed E-state index contributed by atoms with van der Waals surface area (Å²) in [6.45, 7) is 1.40. The fourth-order valence-electron chi connectivity index (χ4n) is 4.34. The Morgan fingerprint density at radius 3 is 2.00 bits per heavy atom. The number of carbonyl (C=O) groups is 1. The number of rotatable bonds is 10. The van der Waals surface area contributed by atoms with Crippen LogP contribution in [0.15, 0.2) is 109 Å². The molecule has 2 N–H and O–H groups in total. The number of para-hydroxylation sites is 1. The Morgan fingerprint density at radius 2 is 1.35 bits per heavy atom. The molecule has 5 aromatic rings. The standard InChI is InChI=1S/C32H28Cl2N4O2/c33-18-20-38(21-19-34)26-14-10-24(11-15-26)35-32(39)36-25-12-16-27(17-13-25)40-31-22-30(23-6-2-1-3-7-23)37-29-9-5-4-8-28(29)31/h1-17,22H,18-21H2,(H2,35,36,39). The summed E-state index contributed by atoms with van der Waals surface area (Å²) in [6, 6.07) is 34.3. The van der Waals surface area contributed by atoms with Crippen LogP contribution in [0.1, 0.15) is 0 Å². The smallest absolute Gasteiger partial charge is 0.323 e. The summed E-state index contributed by atoms with van der Waals surface area (Å²) in [5.74, 6) is 2.38. The molecule has 0 bridgehead atoms. The molecule has 0 spiro atoms. The van der Waals surface area contributed by atoms with E-state index in [1.165, 1.54) is 0 Å². The predicted octanol–water partition coefficient (Wildman–Crippen LogP) is 8.62. The van der Waals surface area contributed by atoms with Gasteiger partial charge in [0.1, 0.15) is 11.5 Å². The zero-order valence-electron chi connectivity index (χ0n) is 21.7. The molecule has 6 nitrogen and oxygen atoms in total. The van der Waals surface area contributed by atoms with Gasteiger partial charge in [0.05, 0.1) is 11.2 Å². The highest BCUT2D eigenvalue weighted by Crippen LogP contribution is 2.33. The number of aromatic nitrogens is 1. The first-order chi connectivity index (χ1) is 19.6. The SMILES string of the molecule is O=C(Nc1ccc(Oc2cc(-c3ccccc3)nc3ccccc23)cc1)Nc1ccc(N(CCCl)CCCl)cc1. The highest BCUT2D eigenvalue weighted by molar-refractivity contribution is 6.18. The Kier molecular flexibility index (Phi) is 9.01. The first kappa shape index (κ1) is 27.3. The van der Waals surface area contributed by atoms with Crippen LogP contribution >= 0.6 is 23.2 Å². The second-order valence-corrected chi connectivity index (χ2v) is 9.76. The summed E-state index contributed by atoms with van der Waals surface area (Å²) in [5, 5.41) is 6.64. The van der Waals surface area contributed by atoms with Crippen LogP contribution < -0.4 is 20.3 Å². The van der Waals surface area contributed by atoms with Crippen molar-refractivity contribution in [1.82, 2.24) is 4.98 Å². The molecule has 0 fully saturated rings. The Labute approximate surface area is 243 Å². The molecule has 0 aliphatic rings. The molecule has 2 amide bonds. The van der Waals surface area contributed by atoms with Crippen molar-refractivity contribution < 1.29 is 9.53 Å². The maximum Gasteiger partial charge on any atom is 0.323 e. The van der Waals surface area contributed by atoms with E-state index in [-0.39, 0.29) is 6.03 Å². The van der Waals surface area contributed by atoms with Crippen LogP contribution in [0.4, 0.5) is 21.9 Å². The Bertz CT molecular complexity index is 1560. The Morgan fingerprint density at radius 1 is 0.750 bits per heavy atom. The van der Waals surface area contributed by atoms with Gasteiger partial charge in [-0.25, -0.2) is 9.78 Å². The van der Waals surface area contributed by atoms with Gasteiger partial charge in [-0.05, 0) is 60.7 Å². The number of hydrogen-bond acceptors (Lipinski definition) is 4. The number of anilines is 3. The third-order valence-electron chi connectivity index (χ3n) is 6.29. The topological polar surface area (TPSA) is 66.5 Å². The van der Waals surface area contributed by atoms with Crippen molar-refractivity contribution in [2.24, 2.45) is 0 Å². The van der Waals surface area contributed by atoms with Gasteiger partial charge in [-0.2, -0.15) is 0 Å². The average molecular weight is 572 g/mol. The molecule has 0 saturated carbocycles. The van der Waals surface area contributed by atoms with E-state index in [1.54, 1.807) is 12.1 Å². The van der Waals surface area contributed by atoms with Crippen LogP contribution in [-0.4, -0.2) is 35.9 Å². The molecule has 0 atom stereocenters. The molecule has 1 aromatic heterocycles. The fraction of sp³-hybridized carbons (Fsp3) is 0.125. The minimum atomic E-state index is -0.340. The second-order valence-electron chi connectivity index (χ2n) is 9.01. The highest BCUT2D eigenvalue weighted by atomic mass is 35.5.